The maximum atomic E-state index is 12.4. The Balaban J connectivity index is 1.97. The van der Waals surface area contributed by atoms with Gasteiger partial charge in [-0.25, -0.2) is 9.31 Å². The number of hydrogen-bond donors (Lipinski definition) is 0. The van der Waals surface area contributed by atoms with Crippen LogP contribution in [0.4, 0.5) is 0 Å². The minimum atomic E-state index is -0.516. The second-order valence-corrected chi connectivity index (χ2v) is 5.65. The molecule has 4 aromatic rings. The van der Waals surface area contributed by atoms with Gasteiger partial charge in [0.15, 0.2) is 11.3 Å². The van der Waals surface area contributed by atoms with Crippen molar-refractivity contribution >= 4 is 11.6 Å². The van der Waals surface area contributed by atoms with Crippen LogP contribution in [0.3, 0.4) is 0 Å². The zero-order chi connectivity index (χ0) is 17.9. The third-order valence-corrected chi connectivity index (χ3v) is 3.96. The first-order chi connectivity index (χ1) is 12.8. The quantitative estimate of drug-likeness (QED) is 0.529. The summed E-state index contributed by atoms with van der Waals surface area (Å²) in [6.07, 6.45) is 0. The molecule has 26 heavy (non-hydrogen) atoms. The average Bonchev–Trinajstić information content (AvgIpc) is 3.13. The van der Waals surface area contributed by atoms with E-state index in [0.717, 1.165) is 16.8 Å². The summed E-state index contributed by atoms with van der Waals surface area (Å²) in [4.78, 5) is 12.4. The number of rotatable bonds is 4. The van der Waals surface area contributed by atoms with Gasteiger partial charge < -0.3 is 4.74 Å². The lowest BCUT2D eigenvalue weighted by atomic mass is 10.1. The van der Waals surface area contributed by atoms with Crippen LogP contribution in [-0.2, 0) is 4.74 Å². The van der Waals surface area contributed by atoms with Crippen molar-refractivity contribution in [3.63, 3.8) is 0 Å². The molecule has 0 aliphatic heterocycles. The zero-order valence-electron chi connectivity index (χ0n) is 14.2. The van der Waals surface area contributed by atoms with Crippen molar-refractivity contribution in [2.75, 3.05) is 6.61 Å². The number of nitrogens with zero attached hydrogens (tertiary/aromatic N) is 4. The Hall–Kier alpha value is -3.54. The minimum Gasteiger partial charge on any atom is -0.461 e. The summed E-state index contributed by atoms with van der Waals surface area (Å²) < 4.78 is 6.80. The largest absolute Gasteiger partial charge is 0.461 e. The van der Waals surface area contributed by atoms with Crippen molar-refractivity contribution in [1.29, 1.82) is 0 Å². The van der Waals surface area contributed by atoms with Crippen molar-refractivity contribution in [2.24, 2.45) is 0 Å². The Bertz CT molecular complexity index is 1060. The number of carbonyl (C=O) groups is 1. The van der Waals surface area contributed by atoms with E-state index in [1.807, 2.05) is 66.7 Å². The van der Waals surface area contributed by atoms with E-state index in [1.54, 1.807) is 11.4 Å². The summed E-state index contributed by atoms with van der Waals surface area (Å²) in [6, 6.07) is 21.2. The van der Waals surface area contributed by atoms with E-state index in [4.69, 9.17) is 4.74 Å². The Labute approximate surface area is 150 Å². The molecule has 0 aliphatic carbocycles. The van der Waals surface area contributed by atoms with Crippen LogP contribution in [0, 0.1) is 0 Å². The number of ether oxygens (including phenoxy) is 1. The number of hydrogen-bond acceptors (Lipinski definition) is 5. The smallest absolute Gasteiger partial charge is 0.361 e. The highest BCUT2D eigenvalue weighted by atomic mass is 16.5. The molecule has 2 heterocycles. The van der Waals surface area contributed by atoms with E-state index in [1.165, 1.54) is 0 Å². The molecule has 0 spiro atoms. The van der Waals surface area contributed by atoms with Crippen LogP contribution in [0.25, 0.3) is 28.2 Å². The SMILES string of the molecule is CCOC(=O)c1nnc2cc(-c3ccccc3)nn2c1-c1ccccc1. The molecule has 6 nitrogen and oxygen atoms in total. The van der Waals surface area contributed by atoms with Crippen molar-refractivity contribution in [3.8, 4) is 22.5 Å². The topological polar surface area (TPSA) is 69.4 Å². The highest BCUT2D eigenvalue weighted by molar-refractivity contribution is 5.94. The molecule has 128 valence electrons. The van der Waals surface area contributed by atoms with Gasteiger partial charge in [0.25, 0.3) is 0 Å². The van der Waals surface area contributed by atoms with E-state index < -0.39 is 5.97 Å². The highest BCUT2D eigenvalue weighted by Gasteiger charge is 2.22. The molecule has 0 fully saturated rings. The number of esters is 1. The molecule has 0 saturated carbocycles. The summed E-state index contributed by atoms with van der Waals surface area (Å²) in [5.41, 5.74) is 3.83. The summed E-state index contributed by atoms with van der Waals surface area (Å²) in [5, 5.41) is 13.0. The first-order valence-corrected chi connectivity index (χ1v) is 8.32. The molecule has 0 atom stereocenters. The molecular formula is C20H16N4O2. The van der Waals surface area contributed by atoms with E-state index in [9.17, 15) is 4.79 Å². The highest BCUT2D eigenvalue weighted by Crippen LogP contribution is 2.26. The molecule has 2 aromatic heterocycles. The van der Waals surface area contributed by atoms with E-state index in [0.29, 0.717) is 11.3 Å². The van der Waals surface area contributed by atoms with Crippen LogP contribution in [0.5, 0.6) is 0 Å². The molecular weight excluding hydrogens is 328 g/mol. The van der Waals surface area contributed by atoms with Gasteiger partial charge in [0.2, 0.25) is 0 Å². The van der Waals surface area contributed by atoms with E-state index in [2.05, 4.69) is 15.3 Å². The first-order valence-electron chi connectivity index (χ1n) is 8.32. The van der Waals surface area contributed by atoms with Crippen LogP contribution >= 0.6 is 0 Å². The third kappa shape index (κ3) is 2.82. The molecule has 0 unspecified atom stereocenters. The summed E-state index contributed by atoms with van der Waals surface area (Å²) in [5.74, 6) is -0.516. The Kier molecular flexibility index (Phi) is 4.15. The van der Waals surface area contributed by atoms with Gasteiger partial charge >= 0.3 is 5.97 Å². The average molecular weight is 344 g/mol. The first kappa shape index (κ1) is 16.0. The van der Waals surface area contributed by atoms with Crippen molar-refractivity contribution in [3.05, 3.63) is 72.4 Å². The Morgan fingerprint density at radius 3 is 2.27 bits per heavy atom. The van der Waals surface area contributed by atoms with Crippen molar-refractivity contribution in [2.45, 2.75) is 6.92 Å². The molecule has 0 N–H and O–H groups in total. The van der Waals surface area contributed by atoms with Gasteiger partial charge in [-0.15, -0.1) is 10.2 Å². The molecule has 0 amide bonds. The predicted molar refractivity (Wildman–Crippen MR) is 97.6 cm³/mol. The van der Waals surface area contributed by atoms with Gasteiger partial charge in [-0.2, -0.15) is 5.10 Å². The number of aromatic nitrogens is 4. The van der Waals surface area contributed by atoms with Gasteiger partial charge in [-0.1, -0.05) is 60.7 Å². The predicted octanol–water partition coefficient (Wildman–Crippen LogP) is 3.64. The second kappa shape index (κ2) is 6.76. The molecule has 0 radical (unpaired) electrons. The number of benzene rings is 2. The van der Waals surface area contributed by atoms with Crippen LogP contribution in [0.2, 0.25) is 0 Å². The van der Waals surface area contributed by atoms with Gasteiger partial charge in [-0.3, -0.25) is 0 Å². The Morgan fingerprint density at radius 1 is 0.962 bits per heavy atom. The molecule has 6 heteroatoms. The van der Waals surface area contributed by atoms with Gasteiger partial charge in [0.05, 0.1) is 12.3 Å². The molecule has 0 bridgehead atoms. The van der Waals surface area contributed by atoms with Gasteiger partial charge in [-0.05, 0) is 6.92 Å². The maximum Gasteiger partial charge on any atom is 0.361 e. The normalized spacial score (nSPS) is 10.8. The lowest BCUT2D eigenvalue weighted by Gasteiger charge is -2.09. The summed E-state index contributed by atoms with van der Waals surface area (Å²) in [6.45, 7) is 2.02. The van der Waals surface area contributed by atoms with Crippen LogP contribution < -0.4 is 0 Å². The molecule has 0 saturated heterocycles. The molecule has 0 aliphatic rings. The summed E-state index contributed by atoms with van der Waals surface area (Å²) in [7, 11) is 0. The van der Waals surface area contributed by atoms with E-state index in [-0.39, 0.29) is 12.3 Å². The lowest BCUT2D eigenvalue weighted by Crippen LogP contribution is -2.14. The second-order valence-electron chi connectivity index (χ2n) is 5.65. The lowest BCUT2D eigenvalue weighted by molar-refractivity contribution is 0.0518. The van der Waals surface area contributed by atoms with Gasteiger partial charge in [0, 0.05) is 17.2 Å². The minimum absolute atomic E-state index is 0.147. The van der Waals surface area contributed by atoms with Crippen LogP contribution in [0.1, 0.15) is 17.4 Å². The van der Waals surface area contributed by atoms with Gasteiger partial charge in [0.1, 0.15) is 5.69 Å². The fraction of sp³-hybridized carbons (Fsp3) is 0.100. The van der Waals surface area contributed by atoms with E-state index >= 15 is 0 Å². The fourth-order valence-electron chi connectivity index (χ4n) is 2.80. The third-order valence-electron chi connectivity index (χ3n) is 3.96. The van der Waals surface area contributed by atoms with Crippen LogP contribution in [0.15, 0.2) is 66.7 Å². The fourth-order valence-corrected chi connectivity index (χ4v) is 2.80. The summed E-state index contributed by atoms with van der Waals surface area (Å²) >= 11 is 0. The van der Waals surface area contributed by atoms with Crippen molar-refractivity contribution < 1.29 is 9.53 Å². The molecule has 2 aromatic carbocycles. The van der Waals surface area contributed by atoms with Crippen molar-refractivity contribution in [1.82, 2.24) is 19.8 Å². The Morgan fingerprint density at radius 2 is 1.62 bits per heavy atom. The maximum absolute atomic E-state index is 12.4. The van der Waals surface area contributed by atoms with Crippen LogP contribution in [-0.4, -0.2) is 32.4 Å². The number of fused-ring (bicyclic) bond motifs is 1. The molecule has 4 rings (SSSR count). The zero-order valence-corrected chi connectivity index (χ0v) is 14.2. The number of carbonyl (C=O) groups excluding carboxylic acids is 1. The monoisotopic (exact) mass is 344 g/mol. The standard InChI is InChI=1S/C20H16N4O2/c1-2-26-20(25)18-19(15-11-7-4-8-12-15)24-17(21-22-18)13-16(23-24)14-9-5-3-6-10-14/h3-13H,2H2,1H3.